The molecule has 3 heteroatoms. The molecular formula is C20H21O2P. The lowest BCUT2D eigenvalue weighted by Gasteiger charge is -2.19. The number of hydrogen-bond donors (Lipinski definition) is 1. The highest BCUT2D eigenvalue weighted by molar-refractivity contribution is 7.85. The smallest absolute Gasteiger partial charge is 0.171 e. The molecule has 0 fully saturated rings. The van der Waals surface area contributed by atoms with E-state index in [0.717, 1.165) is 15.9 Å². The van der Waals surface area contributed by atoms with Gasteiger partial charge in [-0.1, -0.05) is 91.0 Å². The van der Waals surface area contributed by atoms with Crippen molar-refractivity contribution in [3.63, 3.8) is 0 Å². The molecule has 0 radical (unpaired) electrons. The van der Waals surface area contributed by atoms with Gasteiger partial charge in [0.2, 0.25) is 0 Å². The van der Waals surface area contributed by atoms with E-state index in [1.54, 1.807) is 6.92 Å². The Labute approximate surface area is 137 Å². The van der Waals surface area contributed by atoms with Gasteiger partial charge in [0.05, 0.1) is 0 Å². The zero-order chi connectivity index (χ0) is 16.5. The van der Waals surface area contributed by atoms with Crippen molar-refractivity contribution in [1.29, 1.82) is 0 Å². The van der Waals surface area contributed by atoms with Crippen LogP contribution in [-0.2, 0) is 4.57 Å². The van der Waals surface area contributed by atoms with E-state index in [4.69, 9.17) is 5.11 Å². The van der Waals surface area contributed by atoms with Gasteiger partial charge in [0.15, 0.2) is 7.14 Å². The van der Waals surface area contributed by atoms with Gasteiger partial charge in [-0.15, -0.1) is 0 Å². The van der Waals surface area contributed by atoms with Gasteiger partial charge in [0.1, 0.15) is 0 Å². The lowest BCUT2D eigenvalue weighted by atomic mass is 10.4. The largest absolute Gasteiger partial charge is 0.397 e. The zero-order valence-corrected chi connectivity index (χ0v) is 14.1. The average molecular weight is 324 g/mol. The number of hydrogen-bond acceptors (Lipinski definition) is 2. The van der Waals surface area contributed by atoms with Crippen molar-refractivity contribution in [2.75, 3.05) is 6.61 Å². The molecule has 0 aromatic heterocycles. The van der Waals surface area contributed by atoms with Crippen LogP contribution in [0.25, 0.3) is 0 Å². The first-order valence-electron chi connectivity index (χ1n) is 7.61. The van der Waals surface area contributed by atoms with Crippen molar-refractivity contribution in [3.8, 4) is 0 Å². The maximum absolute atomic E-state index is 13.8. The van der Waals surface area contributed by atoms with E-state index in [9.17, 15) is 4.57 Å². The summed E-state index contributed by atoms with van der Waals surface area (Å²) in [7, 11) is -2.78. The predicted octanol–water partition coefficient (Wildman–Crippen LogP) is 3.32. The predicted molar refractivity (Wildman–Crippen MR) is 98.6 cm³/mol. The summed E-state index contributed by atoms with van der Waals surface area (Å²) in [5.74, 6) is 0. The molecule has 0 spiro atoms. The molecule has 3 rings (SSSR count). The molecule has 0 amide bonds. The highest BCUT2D eigenvalue weighted by Gasteiger charge is 2.28. The Kier molecular flexibility index (Phi) is 6.34. The molecule has 0 atom stereocenters. The van der Waals surface area contributed by atoms with E-state index in [1.807, 2.05) is 91.0 Å². The second kappa shape index (κ2) is 8.47. The van der Waals surface area contributed by atoms with E-state index >= 15 is 0 Å². The third-order valence-electron chi connectivity index (χ3n) is 3.36. The van der Waals surface area contributed by atoms with Gasteiger partial charge in [-0.3, -0.25) is 0 Å². The molecular weight excluding hydrogens is 303 g/mol. The molecule has 0 aliphatic rings. The van der Waals surface area contributed by atoms with Crippen molar-refractivity contribution < 1.29 is 9.67 Å². The van der Waals surface area contributed by atoms with Crippen LogP contribution in [-0.4, -0.2) is 11.7 Å². The first kappa shape index (κ1) is 17.2. The Bertz CT molecular complexity index is 637. The fraction of sp³-hybridized carbons (Fsp3) is 0.100. The maximum atomic E-state index is 13.8. The van der Waals surface area contributed by atoms with Crippen LogP contribution in [0.2, 0.25) is 0 Å². The van der Waals surface area contributed by atoms with Crippen LogP contribution >= 0.6 is 7.14 Å². The SMILES string of the molecule is CCO.O=P(c1ccccc1)(c1ccccc1)c1ccccc1. The van der Waals surface area contributed by atoms with Crippen molar-refractivity contribution in [2.24, 2.45) is 0 Å². The average Bonchev–Trinajstić information content (AvgIpc) is 2.64. The lowest BCUT2D eigenvalue weighted by molar-refractivity contribution is 0.318. The minimum Gasteiger partial charge on any atom is -0.397 e. The highest BCUT2D eigenvalue weighted by atomic mass is 31.2. The number of benzene rings is 3. The Morgan fingerprint density at radius 3 is 1.09 bits per heavy atom. The molecule has 3 aromatic carbocycles. The summed E-state index contributed by atoms with van der Waals surface area (Å²) in [4.78, 5) is 0. The zero-order valence-electron chi connectivity index (χ0n) is 13.2. The van der Waals surface area contributed by atoms with E-state index in [0.29, 0.717) is 0 Å². The Morgan fingerprint density at radius 1 is 0.652 bits per heavy atom. The molecule has 0 heterocycles. The standard InChI is InChI=1S/C18H15OP.C2H6O/c19-20(16-10-4-1-5-11-16,17-12-6-2-7-13-17)18-14-8-3-9-15-18;1-2-3/h1-15H;3H,2H2,1H3. The summed E-state index contributed by atoms with van der Waals surface area (Å²) in [6, 6.07) is 29.1. The quantitative estimate of drug-likeness (QED) is 0.751. The monoisotopic (exact) mass is 324 g/mol. The maximum Gasteiger partial charge on any atom is 0.171 e. The molecule has 118 valence electrons. The first-order chi connectivity index (χ1) is 11.2. The van der Waals surface area contributed by atoms with Crippen LogP contribution in [0.4, 0.5) is 0 Å². The van der Waals surface area contributed by atoms with Crippen molar-refractivity contribution in [1.82, 2.24) is 0 Å². The highest BCUT2D eigenvalue weighted by Crippen LogP contribution is 2.41. The Balaban J connectivity index is 0.000000595. The Morgan fingerprint density at radius 2 is 0.870 bits per heavy atom. The fourth-order valence-electron chi connectivity index (χ4n) is 2.36. The summed E-state index contributed by atoms with van der Waals surface area (Å²) >= 11 is 0. The topological polar surface area (TPSA) is 37.3 Å². The second-order valence-electron chi connectivity index (χ2n) is 4.93. The molecule has 1 N–H and O–H groups in total. The molecule has 0 saturated carbocycles. The Hall–Kier alpha value is -2.15. The van der Waals surface area contributed by atoms with Crippen molar-refractivity contribution >= 4 is 23.1 Å². The van der Waals surface area contributed by atoms with Crippen LogP contribution in [0.3, 0.4) is 0 Å². The summed E-state index contributed by atoms with van der Waals surface area (Å²) in [6.07, 6.45) is 0. The van der Waals surface area contributed by atoms with E-state index in [1.165, 1.54) is 0 Å². The van der Waals surface area contributed by atoms with E-state index in [-0.39, 0.29) is 6.61 Å². The van der Waals surface area contributed by atoms with E-state index < -0.39 is 7.14 Å². The van der Waals surface area contributed by atoms with Crippen LogP contribution in [0, 0.1) is 0 Å². The molecule has 23 heavy (non-hydrogen) atoms. The summed E-state index contributed by atoms with van der Waals surface area (Å²) in [6.45, 7) is 1.93. The minimum absolute atomic E-state index is 0.250. The normalized spacial score (nSPS) is 10.5. The van der Waals surface area contributed by atoms with Crippen LogP contribution in [0.5, 0.6) is 0 Å². The van der Waals surface area contributed by atoms with Gasteiger partial charge in [0, 0.05) is 22.5 Å². The van der Waals surface area contributed by atoms with Crippen LogP contribution in [0.1, 0.15) is 6.92 Å². The van der Waals surface area contributed by atoms with Crippen molar-refractivity contribution in [3.05, 3.63) is 91.0 Å². The molecule has 0 aliphatic carbocycles. The second-order valence-corrected chi connectivity index (χ2v) is 7.70. The molecule has 0 bridgehead atoms. The van der Waals surface area contributed by atoms with Gasteiger partial charge in [-0.25, -0.2) is 0 Å². The third kappa shape index (κ3) is 3.98. The van der Waals surface area contributed by atoms with Gasteiger partial charge in [-0.05, 0) is 6.92 Å². The summed E-state index contributed by atoms with van der Waals surface area (Å²) in [5.41, 5.74) is 0. The van der Waals surface area contributed by atoms with E-state index in [2.05, 4.69) is 0 Å². The van der Waals surface area contributed by atoms with Gasteiger partial charge < -0.3 is 9.67 Å². The minimum atomic E-state index is -2.78. The molecule has 3 aromatic rings. The molecule has 0 saturated heterocycles. The van der Waals surface area contributed by atoms with Crippen LogP contribution < -0.4 is 15.9 Å². The molecule has 2 nitrogen and oxygen atoms in total. The lowest BCUT2D eigenvalue weighted by Crippen LogP contribution is -2.24. The number of aliphatic hydroxyl groups excluding tert-OH is 1. The molecule has 0 aliphatic heterocycles. The van der Waals surface area contributed by atoms with Gasteiger partial charge >= 0.3 is 0 Å². The fourth-order valence-corrected chi connectivity index (χ4v) is 5.03. The van der Waals surface area contributed by atoms with Gasteiger partial charge in [0.25, 0.3) is 0 Å². The van der Waals surface area contributed by atoms with Crippen LogP contribution in [0.15, 0.2) is 91.0 Å². The van der Waals surface area contributed by atoms with Crippen molar-refractivity contribution in [2.45, 2.75) is 6.92 Å². The van der Waals surface area contributed by atoms with Gasteiger partial charge in [-0.2, -0.15) is 0 Å². The number of rotatable bonds is 3. The third-order valence-corrected chi connectivity index (χ3v) is 6.44. The number of aliphatic hydroxyl groups is 1. The molecule has 0 unspecified atom stereocenters. The summed E-state index contributed by atoms with van der Waals surface area (Å²) in [5, 5.41) is 10.2. The summed E-state index contributed by atoms with van der Waals surface area (Å²) < 4.78 is 13.8. The first-order valence-corrected chi connectivity index (χ1v) is 9.32.